The number of nitrogens with zero attached hydrogens (tertiary/aromatic N) is 2. The van der Waals surface area contributed by atoms with Gasteiger partial charge in [-0.15, -0.1) is 0 Å². The molecule has 2 aromatic carbocycles. The minimum Gasteiger partial charge on any atom is -0.507 e. The first-order valence-electron chi connectivity index (χ1n) is 14.2. The Kier molecular flexibility index (Phi) is 8.63. The Balaban J connectivity index is 1.62. The summed E-state index contributed by atoms with van der Waals surface area (Å²) in [5.74, 6) is -1.23. The van der Waals surface area contributed by atoms with Crippen LogP contribution in [0.2, 0.25) is 0 Å². The summed E-state index contributed by atoms with van der Waals surface area (Å²) in [4.78, 5) is 45.8. The van der Waals surface area contributed by atoms with E-state index < -0.39 is 23.7 Å². The van der Waals surface area contributed by atoms with Crippen LogP contribution in [0.15, 0.2) is 48.0 Å². The van der Waals surface area contributed by atoms with Crippen molar-refractivity contribution in [3.05, 3.63) is 75.3 Å². The number of carbonyl (C=O) groups is 3. The number of hydrogen-bond donors (Lipinski definition) is 1. The molecule has 0 saturated carbocycles. The number of carbonyl (C=O) groups excluding carboxylic acids is 3. The van der Waals surface area contributed by atoms with Crippen molar-refractivity contribution in [2.24, 2.45) is 0 Å². The lowest BCUT2D eigenvalue weighted by Gasteiger charge is -2.23. The number of fused-ring (bicyclic) bond motifs is 1. The highest BCUT2D eigenvalue weighted by atomic mass is 32.1. The summed E-state index contributed by atoms with van der Waals surface area (Å²) < 4.78 is 16.9. The number of unbranched alkanes of at least 4 members (excludes halogenated alkanes) is 2. The lowest BCUT2D eigenvalue weighted by molar-refractivity contribution is -0.132. The second-order valence-electron chi connectivity index (χ2n) is 10.4. The molecule has 0 spiro atoms. The molecule has 2 aliphatic rings. The van der Waals surface area contributed by atoms with Gasteiger partial charge in [-0.05, 0) is 68.7 Å². The molecule has 10 heteroatoms. The number of ketones is 1. The zero-order valence-corrected chi connectivity index (χ0v) is 25.0. The fourth-order valence-corrected chi connectivity index (χ4v) is 6.25. The van der Waals surface area contributed by atoms with E-state index in [2.05, 4.69) is 11.9 Å². The van der Waals surface area contributed by atoms with Crippen molar-refractivity contribution < 1.29 is 33.7 Å². The number of aryl methyl sites for hydroxylation is 1. The molecule has 1 saturated heterocycles. The number of benzene rings is 2. The topological polar surface area (TPSA) is 115 Å². The predicted molar refractivity (Wildman–Crippen MR) is 159 cm³/mol. The molecule has 1 aromatic heterocycles. The maximum Gasteiger partial charge on any atom is 0.350 e. The molecule has 3 aromatic rings. The standard InChI is InChI=1S/C32H34N2O7S/c1-5-7-8-14-40-23-11-9-10-20(17-23)26-25(27(35)21-12-13-24-22(16-21)15-18(3)41-24)28(36)30(37)34(26)32-33-19(4)29(42-32)31(38)39-6-2/h9-13,16-18,26,35H,5-8,14-15H2,1-4H3/t18-,26+/m1/s1. The zero-order chi connectivity index (χ0) is 30.0. The number of thiazole rings is 1. The molecule has 3 heterocycles. The highest BCUT2D eigenvalue weighted by molar-refractivity contribution is 7.17. The van der Waals surface area contributed by atoms with E-state index in [-0.39, 0.29) is 34.1 Å². The Labute approximate surface area is 248 Å². The Morgan fingerprint density at radius 1 is 1.17 bits per heavy atom. The zero-order valence-electron chi connectivity index (χ0n) is 24.1. The molecule has 0 unspecified atom stereocenters. The molecular formula is C32H34N2O7S. The molecule has 1 amide bonds. The first kappa shape index (κ1) is 29.3. The number of Topliss-reactive ketones (excluding diaryl/α,β-unsaturated/α-hetero) is 1. The van der Waals surface area contributed by atoms with Crippen molar-refractivity contribution in [2.45, 2.75) is 65.5 Å². The van der Waals surface area contributed by atoms with E-state index in [0.717, 1.165) is 41.9 Å². The molecule has 9 nitrogen and oxygen atoms in total. The van der Waals surface area contributed by atoms with Gasteiger partial charge in [-0.25, -0.2) is 9.78 Å². The van der Waals surface area contributed by atoms with Crippen LogP contribution in [0.1, 0.15) is 78.1 Å². The third kappa shape index (κ3) is 5.63. The molecule has 1 fully saturated rings. The highest BCUT2D eigenvalue weighted by Crippen LogP contribution is 2.45. The van der Waals surface area contributed by atoms with Crippen LogP contribution >= 0.6 is 11.3 Å². The van der Waals surface area contributed by atoms with Crippen molar-refractivity contribution >= 4 is 39.9 Å². The van der Waals surface area contributed by atoms with E-state index >= 15 is 0 Å². The van der Waals surface area contributed by atoms with Crippen molar-refractivity contribution in [2.75, 3.05) is 18.1 Å². The number of amides is 1. The number of esters is 1. The normalized spacial score (nSPS) is 19.1. The number of hydrogen-bond acceptors (Lipinski definition) is 9. The Morgan fingerprint density at radius 3 is 2.74 bits per heavy atom. The quantitative estimate of drug-likeness (QED) is 0.0984. The SMILES string of the molecule is CCCCCOc1cccc([C@H]2C(=C(O)c3ccc4c(c3)C[C@@H](C)O4)C(=O)C(=O)N2c2nc(C)c(C(=O)OCC)s2)c1. The van der Waals surface area contributed by atoms with Gasteiger partial charge in [0.25, 0.3) is 5.78 Å². The molecule has 0 aliphatic carbocycles. The van der Waals surface area contributed by atoms with Crippen molar-refractivity contribution in [1.82, 2.24) is 4.98 Å². The Hall–Kier alpha value is -4.18. The second kappa shape index (κ2) is 12.4. The molecule has 42 heavy (non-hydrogen) atoms. The molecule has 0 bridgehead atoms. The van der Waals surface area contributed by atoms with Crippen LogP contribution in [0, 0.1) is 6.92 Å². The Morgan fingerprint density at radius 2 is 1.98 bits per heavy atom. The predicted octanol–water partition coefficient (Wildman–Crippen LogP) is 6.15. The third-order valence-corrected chi connectivity index (χ3v) is 8.39. The largest absolute Gasteiger partial charge is 0.507 e. The van der Waals surface area contributed by atoms with Gasteiger partial charge in [0, 0.05) is 12.0 Å². The first-order chi connectivity index (χ1) is 20.2. The van der Waals surface area contributed by atoms with Gasteiger partial charge in [0.05, 0.1) is 30.5 Å². The van der Waals surface area contributed by atoms with E-state index in [1.807, 2.05) is 13.0 Å². The van der Waals surface area contributed by atoms with E-state index in [1.165, 1.54) is 4.90 Å². The minimum absolute atomic E-state index is 0.00442. The molecule has 2 atom stereocenters. The van der Waals surface area contributed by atoms with E-state index in [1.54, 1.807) is 50.2 Å². The monoisotopic (exact) mass is 590 g/mol. The maximum absolute atomic E-state index is 13.7. The fourth-order valence-electron chi connectivity index (χ4n) is 5.26. The summed E-state index contributed by atoms with van der Waals surface area (Å²) in [5, 5.41) is 11.8. The third-order valence-electron chi connectivity index (χ3n) is 7.26. The van der Waals surface area contributed by atoms with Crippen LogP contribution in [0.5, 0.6) is 11.5 Å². The number of aliphatic hydroxyl groups is 1. The van der Waals surface area contributed by atoms with Gasteiger partial charge in [0.1, 0.15) is 28.2 Å². The summed E-state index contributed by atoms with van der Waals surface area (Å²) in [7, 11) is 0. The molecular weight excluding hydrogens is 556 g/mol. The van der Waals surface area contributed by atoms with Crippen LogP contribution in [0.4, 0.5) is 5.13 Å². The van der Waals surface area contributed by atoms with Crippen LogP contribution in [-0.2, 0) is 20.7 Å². The van der Waals surface area contributed by atoms with Gasteiger partial charge < -0.3 is 19.3 Å². The van der Waals surface area contributed by atoms with Crippen molar-refractivity contribution in [3.8, 4) is 11.5 Å². The summed E-state index contributed by atoms with van der Waals surface area (Å²) >= 11 is 0.974. The van der Waals surface area contributed by atoms with Gasteiger partial charge in [-0.2, -0.15) is 0 Å². The van der Waals surface area contributed by atoms with Gasteiger partial charge in [-0.3, -0.25) is 14.5 Å². The number of rotatable bonds is 10. The maximum atomic E-state index is 13.7. The molecule has 0 radical (unpaired) electrons. The van der Waals surface area contributed by atoms with Crippen LogP contribution in [0.3, 0.4) is 0 Å². The van der Waals surface area contributed by atoms with Gasteiger partial charge >= 0.3 is 11.9 Å². The molecule has 1 N–H and O–H groups in total. The lowest BCUT2D eigenvalue weighted by Crippen LogP contribution is -2.29. The molecule has 220 valence electrons. The second-order valence-corrected chi connectivity index (χ2v) is 11.4. The summed E-state index contributed by atoms with van der Waals surface area (Å²) in [6.07, 6.45) is 3.67. The van der Waals surface area contributed by atoms with Crippen molar-refractivity contribution in [1.29, 1.82) is 0 Å². The average molecular weight is 591 g/mol. The molecule has 5 rings (SSSR count). The van der Waals surface area contributed by atoms with E-state index in [9.17, 15) is 19.5 Å². The number of anilines is 1. The smallest absolute Gasteiger partial charge is 0.350 e. The summed E-state index contributed by atoms with van der Waals surface area (Å²) in [6.45, 7) is 8.15. The van der Waals surface area contributed by atoms with Gasteiger partial charge in [0.2, 0.25) is 0 Å². The summed E-state index contributed by atoms with van der Waals surface area (Å²) in [5.41, 5.74) is 2.20. The van der Waals surface area contributed by atoms with Gasteiger partial charge in [0.15, 0.2) is 5.13 Å². The van der Waals surface area contributed by atoms with Crippen LogP contribution in [0.25, 0.3) is 5.76 Å². The fraction of sp³-hybridized carbons (Fsp3) is 0.375. The number of aliphatic hydroxyl groups excluding tert-OH is 1. The molecule has 2 aliphatic heterocycles. The van der Waals surface area contributed by atoms with E-state index in [4.69, 9.17) is 14.2 Å². The van der Waals surface area contributed by atoms with Crippen LogP contribution in [-0.4, -0.2) is 47.1 Å². The highest BCUT2D eigenvalue weighted by Gasteiger charge is 2.48. The van der Waals surface area contributed by atoms with Gasteiger partial charge in [-0.1, -0.05) is 43.2 Å². The number of aromatic nitrogens is 1. The Bertz CT molecular complexity index is 1560. The minimum atomic E-state index is -1.01. The van der Waals surface area contributed by atoms with Crippen LogP contribution < -0.4 is 14.4 Å². The first-order valence-corrected chi connectivity index (χ1v) is 15.0. The average Bonchev–Trinajstić information content (AvgIpc) is 3.62. The number of ether oxygens (including phenoxy) is 3. The lowest BCUT2D eigenvalue weighted by atomic mass is 9.94. The summed E-state index contributed by atoms with van der Waals surface area (Å²) in [6, 6.07) is 11.4. The van der Waals surface area contributed by atoms with E-state index in [0.29, 0.717) is 35.6 Å². The van der Waals surface area contributed by atoms with Crippen molar-refractivity contribution in [3.63, 3.8) is 0 Å².